The van der Waals surface area contributed by atoms with Crippen molar-refractivity contribution in [2.24, 2.45) is 0 Å². The van der Waals surface area contributed by atoms with Gasteiger partial charge in [-0.3, -0.25) is 0 Å². The van der Waals surface area contributed by atoms with Crippen molar-refractivity contribution in [3.8, 4) is 0 Å². The van der Waals surface area contributed by atoms with E-state index in [1.807, 2.05) is 0 Å². The number of hydrogen-bond acceptors (Lipinski definition) is 2. The third-order valence-corrected chi connectivity index (χ3v) is 1.47. The van der Waals surface area contributed by atoms with Crippen LogP contribution in [-0.4, -0.2) is 25.2 Å². The molecule has 0 bridgehead atoms. The maximum atomic E-state index is 3.42. The molecular formula is C6H18N2. The molecule has 2 N–H and O–H groups in total. The Hall–Kier alpha value is -0.0800. The first-order chi connectivity index (χ1) is 3.79. The van der Waals surface area contributed by atoms with E-state index in [-0.39, 0.29) is 2.85 Å². The van der Waals surface area contributed by atoms with Crippen LogP contribution >= 0.6 is 0 Å². The van der Waals surface area contributed by atoms with Crippen molar-refractivity contribution in [2.45, 2.75) is 25.9 Å². The Morgan fingerprint density at radius 3 is 2.00 bits per heavy atom. The molecule has 1 aliphatic heterocycles. The highest BCUT2D eigenvalue weighted by atomic mass is 15.1. The molecule has 1 saturated heterocycles. The molecule has 2 heteroatoms. The van der Waals surface area contributed by atoms with E-state index in [4.69, 9.17) is 0 Å². The van der Waals surface area contributed by atoms with E-state index in [9.17, 15) is 0 Å². The topological polar surface area (TPSA) is 24.1 Å². The Kier molecular flexibility index (Phi) is 1.86. The van der Waals surface area contributed by atoms with Gasteiger partial charge in [-0.2, -0.15) is 0 Å². The molecule has 0 aromatic carbocycles. The molecule has 0 radical (unpaired) electrons. The fourth-order valence-electron chi connectivity index (χ4n) is 1.12. The van der Waals surface area contributed by atoms with Crippen LogP contribution in [0, 0.1) is 0 Å². The van der Waals surface area contributed by atoms with Gasteiger partial charge in [-0.25, -0.2) is 0 Å². The van der Waals surface area contributed by atoms with Gasteiger partial charge < -0.3 is 10.6 Å². The van der Waals surface area contributed by atoms with Gasteiger partial charge in [0.1, 0.15) is 0 Å². The van der Waals surface area contributed by atoms with E-state index in [0.29, 0.717) is 12.1 Å². The van der Waals surface area contributed by atoms with Crippen LogP contribution in [0.15, 0.2) is 0 Å². The molecule has 1 heterocycles. The van der Waals surface area contributed by atoms with Crippen LogP contribution in [0.4, 0.5) is 0 Å². The summed E-state index contributed by atoms with van der Waals surface area (Å²) in [6, 6.07) is 1.30. The lowest BCUT2D eigenvalue weighted by atomic mass is 10.2. The lowest BCUT2D eigenvalue weighted by Gasteiger charge is -2.26. The molecule has 8 heavy (non-hydrogen) atoms. The molecule has 0 amide bonds. The maximum absolute atomic E-state index is 3.42. The fraction of sp³-hybridized carbons (Fsp3) is 1.00. The Labute approximate surface area is 53.6 Å². The standard InChI is InChI=1S/C6H14N2.2H2/c1-5-3-7-4-6(2)8-5;;/h5-8H,3-4H2,1-2H3;2*1H/t5-,6+;;. The first-order valence-corrected chi connectivity index (χ1v) is 3.26. The molecule has 52 valence electrons. The predicted molar refractivity (Wildman–Crippen MR) is 39.2 cm³/mol. The van der Waals surface area contributed by atoms with E-state index in [0.717, 1.165) is 13.1 Å². The third kappa shape index (κ3) is 1.46. The summed E-state index contributed by atoms with van der Waals surface area (Å²) < 4.78 is 0. The highest BCUT2D eigenvalue weighted by Gasteiger charge is 2.11. The van der Waals surface area contributed by atoms with Gasteiger partial charge in [0.15, 0.2) is 0 Å². The number of piperazine rings is 1. The van der Waals surface area contributed by atoms with Gasteiger partial charge in [0, 0.05) is 28.0 Å². The van der Waals surface area contributed by atoms with Crippen LogP contribution in [0.3, 0.4) is 0 Å². The molecule has 0 aliphatic carbocycles. The number of hydrogen-bond donors (Lipinski definition) is 2. The van der Waals surface area contributed by atoms with Crippen LogP contribution in [0.2, 0.25) is 0 Å². The molecule has 1 aliphatic rings. The SMILES string of the molecule is C[C@@H]1CNC[C@H](C)N1.[HH].[HH]. The minimum absolute atomic E-state index is 0. The first kappa shape index (κ1) is 6.05. The summed E-state index contributed by atoms with van der Waals surface area (Å²) in [5.41, 5.74) is 0. The zero-order valence-corrected chi connectivity index (χ0v) is 5.57. The minimum atomic E-state index is 0. The molecule has 1 fully saturated rings. The maximum Gasteiger partial charge on any atom is 0.0167 e. The second-order valence-corrected chi connectivity index (χ2v) is 2.63. The molecule has 1 rings (SSSR count). The van der Waals surface area contributed by atoms with Gasteiger partial charge in [0.2, 0.25) is 0 Å². The molecule has 0 saturated carbocycles. The Morgan fingerprint density at radius 1 is 1.25 bits per heavy atom. The molecule has 0 spiro atoms. The second kappa shape index (κ2) is 2.46. The van der Waals surface area contributed by atoms with Crippen molar-refractivity contribution in [2.75, 3.05) is 13.1 Å². The third-order valence-electron chi connectivity index (χ3n) is 1.47. The Balaban J connectivity index is 0. The highest BCUT2D eigenvalue weighted by molar-refractivity contribution is 4.76. The second-order valence-electron chi connectivity index (χ2n) is 2.63. The van der Waals surface area contributed by atoms with Crippen LogP contribution in [0.1, 0.15) is 16.7 Å². The summed E-state index contributed by atoms with van der Waals surface area (Å²) in [4.78, 5) is 0. The number of nitrogens with one attached hydrogen (secondary N) is 2. The lowest BCUT2D eigenvalue weighted by Crippen LogP contribution is -2.52. The summed E-state index contributed by atoms with van der Waals surface area (Å²) in [6.45, 7) is 6.62. The van der Waals surface area contributed by atoms with E-state index in [1.54, 1.807) is 0 Å². The van der Waals surface area contributed by atoms with Gasteiger partial charge in [0.25, 0.3) is 0 Å². The summed E-state index contributed by atoms with van der Waals surface area (Å²) in [5.74, 6) is 0. The Bertz CT molecular complexity index is 72.1. The van der Waals surface area contributed by atoms with Gasteiger partial charge in [-0.05, 0) is 13.8 Å². The highest BCUT2D eigenvalue weighted by Crippen LogP contribution is 1.90. The van der Waals surface area contributed by atoms with Gasteiger partial charge in [-0.1, -0.05) is 0 Å². The van der Waals surface area contributed by atoms with Crippen molar-refractivity contribution in [3.05, 3.63) is 0 Å². The number of rotatable bonds is 0. The average Bonchev–Trinajstić information content (AvgIpc) is 1.64. The van der Waals surface area contributed by atoms with Crippen molar-refractivity contribution in [1.29, 1.82) is 0 Å². The summed E-state index contributed by atoms with van der Waals surface area (Å²) >= 11 is 0. The first-order valence-electron chi connectivity index (χ1n) is 3.26. The van der Waals surface area contributed by atoms with Crippen molar-refractivity contribution >= 4 is 0 Å². The van der Waals surface area contributed by atoms with Crippen LogP contribution in [0.5, 0.6) is 0 Å². The van der Waals surface area contributed by atoms with Crippen molar-refractivity contribution < 1.29 is 2.85 Å². The monoisotopic (exact) mass is 118 g/mol. The van der Waals surface area contributed by atoms with E-state index in [2.05, 4.69) is 24.5 Å². The summed E-state index contributed by atoms with van der Waals surface area (Å²) in [7, 11) is 0. The van der Waals surface area contributed by atoms with E-state index >= 15 is 0 Å². The normalized spacial score (nSPS) is 39.8. The van der Waals surface area contributed by atoms with Gasteiger partial charge in [0.05, 0.1) is 0 Å². The van der Waals surface area contributed by atoms with Crippen molar-refractivity contribution in [1.82, 2.24) is 10.6 Å². The lowest BCUT2D eigenvalue weighted by molar-refractivity contribution is 0.370. The van der Waals surface area contributed by atoms with E-state index in [1.165, 1.54) is 0 Å². The Morgan fingerprint density at radius 2 is 1.75 bits per heavy atom. The zero-order chi connectivity index (χ0) is 5.98. The van der Waals surface area contributed by atoms with Gasteiger partial charge in [-0.15, -0.1) is 0 Å². The molecular weight excluding hydrogens is 100 g/mol. The summed E-state index contributed by atoms with van der Waals surface area (Å²) in [6.07, 6.45) is 0. The van der Waals surface area contributed by atoms with Crippen LogP contribution in [0.25, 0.3) is 0 Å². The molecule has 2 nitrogen and oxygen atoms in total. The molecule has 0 aromatic rings. The van der Waals surface area contributed by atoms with Crippen LogP contribution in [-0.2, 0) is 0 Å². The zero-order valence-electron chi connectivity index (χ0n) is 5.57. The van der Waals surface area contributed by atoms with Gasteiger partial charge >= 0.3 is 0 Å². The predicted octanol–water partition coefficient (Wildman–Crippen LogP) is 0.448. The van der Waals surface area contributed by atoms with Crippen LogP contribution < -0.4 is 10.6 Å². The fourth-order valence-corrected chi connectivity index (χ4v) is 1.12. The minimum Gasteiger partial charge on any atom is -0.314 e. The average molecular weight is 118 g/mol. The molecule has 0 aromatic heterocycles. The van der Waals surface area contributed by atoms with E-state index < -0.39 is 0 Å². The quantitative estimate of drug-likeness (QED) is 0.482. The van der Waals surface area contributed by atoms with Crippen molar-refractivity contribution in [3.63, 3.8) is 0 Å². The largest absolute Gasteiger partial charge is 0.314 e. The molecule has 2 atom stereocenters. The molecule has 0 unspecified atom stereocenters. The smallest absolute Gasteiger partial charge is 0.0167 e. The summed E-state index contributed by atoms with van der Waals surface area (Å²) in [5, 5.41) is 6.74.